The van der Waals surface area contributed by atoms with Gasteiger partial charge in [0.25, 0.3) is 0 Å². The first-order chi connectivity index (χ1) is 13.9. The van der Waals surface area contributed by atoms with Gasteiger partial charge < -0.3 is 19.3 Å². The first-order valence-electron chi connectivity index (χ1n) is 9.24. The van der Waals surface area contributed by atoms with Gasteiger partial charge in [-0.25, -0.2) is 0 Å². The highest BCUT2D eigenvalue weighted by atomic mass is 16.5. The quantitative estimate of drug-likeness (QED) is 0.515. The van der Waals surface area contributed by atoms with E-state index < -0.39 is 0 Å². The molecule has 0 aliphatic carbocycles. The van der Waals surface area contributed by atoms with E-state index in [1.807, 2.05) is 60.8 Å². The lowest BCUT2D eigenvalue weighted by Crippen LogP contribution is -2.11. The minimum Gasteiger partial charge on any atom is -0.491 e. The Kier molecular flexibility index (Phi) is 7.93. The van der Waals surface area contributed by atoms with Gasteiger partial charge in [0.05, 0.1) is 44.4 Å². The molecule has 0 radical (unpaired) electrons. The van der Waals surface area contributed by atoms with Crippen molar-refractivity contribution in [3.8, 4) is 28.3 Å². The minimum atomic E-state index is 0.0313. The Morgan fingerprint density at radius 1 is 0.679 bits per heavy atom. The van der Waals surface area contributed by atoms with Gasteiger partial charge in [-0.05, 0) is 35.9 Å². The van der Waals surface area contributed by atoms with Gasteiger partial charge in [0.1, 0.15) is 12.4 Å². The molecule has 0 saturated heterocycles. The van der Waals surface area contributed by atoms with Crippen LogP contribution in [-0.2, 0) is 9.47 Å². The molecular formula is C22H24N2O4. The Bertz CT molecular complexity index is 808. The minimum absolute atomic E-state index is 0.0313. The van der Waals surface area contributed by atoms with Crippen LogP contribution in [-0.4, -0.2) is 54.7 Å². The van der Waals surface area contributed by atoms with E-state index in [1.165, 1.54) is 0 Å². The predicted molar refractivity (Wildman–Crippen MR) is 107 cm³/mol. The van der Waals surface area contributed by atoms with Crippen molar-refractivity contribution >= 4 is 0 Å². The second kappa shape index (κ2) is 11.1. The van der Waals surface area contributed by atoms with E-state index in [2.05, 4.69) is 9.97 Å². The zero-order valence-electron chi connectivity index (χ0n) is 15.7. The van der Waals surface area contributed by atoms with E-state index in [9.17, 15) is 0 Å². The Morgan fingerprint density at radius 2 is 1.39 bits per heavy atom. The summed E-state index contributed by atoms with van der Waals surface area (Å²) in [6.07, 6.45) is 3.62. The fraction of sp³-hybridized carbons (Fsp3) is 0.273. The summed E-state index contributed by atoms with van der Waals surface area (Å²) >= 11 is 0. The standard InChI is InChI=1S/C22H24N2O4/c25-11-12-26-13-14-27-15-16-28-20-7-4-18(5-8-20)19-6-9-22(24-17-19)21-3-1-2-10-23-21/h1-10,17,25H,11-16H2. The number of aromatic nitrogens is 2. The SMILES string of the molecule is OCCOCCOCCOc1ccc(-c2ccc(-c3ccccn3)nc2)cc1. The van der Waals surface area contributed by atoms with Crippen molar-refractivity contribution in [3.63, 3.8) is 0 Å². The molecule has 0 unspecified atom stereocenters. The molecule has 3 rings (SSSR count). The second-order valence-electron chi connectivity index (χ2n) is 5.97. The molecule has 6 heteroatoms. The van der Waals surface area contributed by atoms with Crippen molar-refractivity contribution in [1.82, 2.24) is 9.97 Å². The number of benzene rings is 1. The fourth-order valence-electron chi connectivity index (χ4n) is 2.58. The van der Waals surface area contributed by atoms with E-state index in [-0.39, 0.29) is 6.61 Å². The van der Waals surface area contributed by atoms with Gasteiger partial charge in [0, 0.05) is 18.0 Å². The van der Waals surface area contributed by atoms with Crippen LogP contribution < -0.4 is 4.74 Å². The number of aliphatic hydroxyl groups excluding tert-OH is 1. The largest absolute Gasteiger partial charge is 0.491 e. The summed E-state index contributed by atoms with van der Waals surface area (Å²) < 4.78 is 16.2. The molecule has 0 aliphatic rings. The van der Waals surface area contributed by atoms with E-state index in [0.717, 1.165) is 28.3 Å². The Hall–Kier alpha value is -2.80. The Balaban J connectivity index is 1.45. The van der Waals surface area contributed by atoms with Gasteiger partial charge in [-0.1, -0.05) is 24.3 Å². The van der Waals surface area contributed by atoms with Crippen LogP contribution in [0.2, 0.25) is 0 Å². The van der Waals surface area contributed by atoms with Gasteiger partial charge in [-0.3, -0.25) is 9.97 Å². The number of rotatable bonds is 11. The number of aliphatic hydroxyl groups is 1. The third-order valence-corrected chi connectivity index (χ3v) is 3.98. The molecule has 6 nitrogen and oxygen atoms in total. The van der Waals surface area contributed by atoms with Gasteiger partial charge in [0.2, 0.25) is 0 Å². The highest BCUT2D eigenvalue weighted by Crippen LogP contribution is 2.23. The maximum atomic E-state index is 8.59. The molecule has 146 valence electrons. The van der Waals surface area contributed by atoms with Crippen molar-refractivity contribution in [1.29, 1.82) is 0 Å². The van der Waals surface area contributed by atoms with Crippen LogP contribution in [0.15, 0.2) is 67.0 Å². The summed E-state index contributed by atoms with van der Waals surface area (Å²) in [7, 11) is 0. The molecule has 0 bridgehead atoms. The van der Waals surface area contributed by atoms with E-state index in [1.54, 1.807) is 6.20 Å². The molecule has 1 N–H and O–H groups in total. The van der Waals surface area contributed by atoms with E-state index in [0.29, 0.717) is 33.0 Å². The van der Waals surface area contributed by atoms with Crippen molar-refractivity contribution in [2.24, 2.45) is 0 Å². The van der Waals surface area contributed by atoms with Crippen molar-refractivity contribution in [3.05, 3.63) is 67.0 Å². The van der Waals surface area contributed by atoms with Crippen LogP contribution in [0.4, 0.5) is 0 Å². The normalized spacial score (nSPS) is 10.8. The third kappa shape index (κ3) is 6.13. The molecule has 3 aromatic rings. The zero-order chi connectivity index (χ0) is 19.4. The zero-order valence-corrected chi connectivity index (χ0v) is 15.7. The van der Waals surface area contributed by atoms with Crippen LogP contribution in [0, 0.1) is 0 Å². The maximum Gasteiger partial charge on any atom is 0.119 e. The average Bonchev–Trinajstić information content (AvgIpc) is 2.77. The van der Waals surface area contributed by atoms with Gasteiger partial charge in [0.15, 0.2) is 0 Å². The van der Waals surface area contributed by atoms with E-state index in [4.69, 9.17) is 19.3 Å². The summed E-state index contributed by atoms with van der Waals surface area (Å²) in [4.78, 5) is 8.83. The lowest BCUT2D eigenvalue weighted by Gasteiger charge is -2.09. The number of nitrogens with zero attached hydrogens (tertiary/aromatic N) is 2. The van der Waals surface area contributed by atoms with Crippen LogP contribution in [0.3, 0.4) is 0 Å². The smallest absolute Gasteiger partial charge is 0.119 e. The molecule has 0 saturated carbocycles. The molecule has 0 aliphatic heterocycles. The molecular weight excluding hydrogens is 356 g/mol. The van der Waals surface area contributed by atoms with Gasteiger partial charge in [-0.2, -0.15) is 0 Å². The molecule has 0 amide bonds. The summed E-state index contributed by atoms with van der Waals surface area (Å²) in [5.74, 6) is 0.793. The predicted octanol–water partition coefficient (Wildman–Crippen LogP) is 3.21. The van der Waals surface area contributed by atoms with Crippen LogP contribution in [0.25, 0.3) is 22.5 Å². The highest BCUT2D eigenvalue weighted by Gasteiger charge is 2.03. The molecule has 0 atom stereocenters. The number of ether oxygens (including phenoxy) is 3. The topological polar surface area (TPSA) is 73.7 Å². The Morgan fingerprint density at radius 3 is 2.07 bits per heavy atom. The van der Waals surface area contributed by atoms with Crippen LogP contribution in [0.1, 0.15) is 0 Å². The number of hydrogen-bond acceptors (Lipinski definition) is 6. The summed E-state index contributed by atoms with van der Waals surface area (Å²) in [6.45, 7) is 2.30. The first-order valence-corrected chi connectivity index (χ1v) is 9.24. The molecule has 2 aromatic heterocycles. The molecule has 1 aromatic carbocycles. The summed E-state index contributed by atoms with van der Waals surface area (Å²) in [5, 5.41) is 8.59. The lowest BCUT2D eigenvalue weighted by molar-refractivity contribution is 0.0247. The fourth-order valence-corrected chi connectivity index (χ4v) is 2.58. The highest BCUT2D eigenvalue weighted by molar-refractivity contribution is 5.66. The van der Waals surface area contributed by atoms with Crippen molar-refractivity contribution < 1.29 is 19.3 Å². The van der Waals surface area contributed by atoms with Gasteiger partial charge >= 0.3 is 0 Å². The third-order valence-electron chi connectivity index (χ3n) is 3.98. The molecule has 0 spiro atoms. The van der Waals surface area contributed by atoms with Crippen molar-refractivity contribution in [2.75, 3.05) is 39.6 Å². The average molecular weight is 380 g/mol. The number of hydrogen-bond donors (Lipinski definition) is 1. The molecule has 28 heavy (non-hydrogen) atoms. The number of pyridine rings is 2. The maximum absolute atomic E-state index is 8.59. The van der Waals surface area contributed by atoms with Gasteiger partial charge in [-0.15, -0.1) is 0 Å². The van der Waals surface area contributed by atoms with E-state index >= 15 is 0 Å². The summed E-state index contributed by atoms with van der Waals surface area (Å²) in [5.41, 5.74) is 3.83. The molecule has 0 fully saturated rings. The second-order valence-corrected chi connectivity index (χ2v) is 5.97. The Labute approximate surface area is 164 Å². The van der Waals surface area contributed by atoms with Crippen LogP contribution in [0.5, 0.6) is 5.75 Å². The summed E-state index contributed by atoms with van der Waals surface area (Å²) in [6, 6.07) is 17.7. The monoisotopic (exact) mass is 380 g/mol. The van der Waals surface area contributed by atoms with Crippen molar-refractivity contribution in [2.45, 2.75) is 0 Å². The van der Waals surface area contributed by atoms with Crippen LogP contribution >= 0.6 is 0 Å². The lowest BCUT2D eigenvalue weighted by atomic mass is 10.1. The first kappa shape index (κ1) is 19.9. The molecule has 2 heterocycles.